The van der Waals surface area contributed by atoms with Gasteiger partial charge < -0.3 is 20.3 Å². The first-order chi connectivity index (χ1) is 16.0. The zero-order chi connectivity index (χ0) is 23.5. The van der Waals surface area contributed by atoms with E-state index in [-0.39, 0.29) is 18.4 Å². The van der Waals surface area contributed by atoms with Gasteiger partial charge in [0.15, 0.2) is 6.61 Å². The molecule has 1 saturated heterocycles. The van der Waals surface area contributed by atoms with E-state index in [4.69, 9.17) is 4.74 Å². The molecule has 0 spiro atoms. The van der Waals surface area contributed by atoms with Crippen molar-refractivity contribution in [1.29, 1.82) is 0 Å². The number of nitrogens with one attached hydrogen (secondary N) is 2. The van der Waals surface area contributed by atoms with Crippen LogP contribution in [0.3, 0.4) is 0 Å². The first kappa shape index (κ1) is 24.9. The van der Waals surface area contributed by atoms with Crippen molar-refractivity contribution in [3.63, 3.8) is 0 Å². The molecule has 178 valence electrons. The van der Waals surface area contributed by atoms with Gasteiger partial charge in [0.25, 0.3) is 5.91 Å². The highest BCUT2D eigenvalue weighted by Gasteiger charge is 2.21. The number of benzene rings is 1. The van der Waals surface area contributed by atoms with Crippen LogP contribution >= 0.6 is 11.8 Å². The summed E-state index contributed by atoms with van der Waals surface area (Å²) >= 11 is 1.64. The van der Waals surface area contributed by atoms with Gasteiger partial charge in [-0.15, -0.1) is 0 Å². The lowest BCUT2D eigenvalue weighted by atomic mass is 9.99. The molecule has 1 unspecified atom stereocenters. The second kappa shape index (κ2) is 13.1. The molecule has 2 N–H and O–H groups in total. The predicted molar refractivity (Wildman–Crippen MR) is 134 cm³/mol. The van der Waals surface area contributed by atoms with Crippen molar-refractivity contribution >= 4 is 29.4 Å². The lowest BCUT2D eigenvalue weighted by Gasteiger charge is -2.31. The molecule has 1 fully saturated rings. The Hall–Kier alpha value is -2.74. The number of thioether (sulfide) groups is 1. The summed E-state index contributed by atoms with van der Waals surface area (Å²) in [6, 6.07) is 12.6. The van der Waals surface area contributed by atoms with E-state index >= 15 is 0 Å². The van der Waals surface area contributed by atoms with Crippen LogP contribution in [0.4, 0.5) is 5.82 Å². The van der Waals surface area contributed by atoms with Crippen molar-refractivity contribution in [2.75, 3.05) is 36.6 Å². The standard InChI is InChI=1S/C25H34N4O3S/c1-19-10-13-29(14-11-19)23-9-8-20(16-26-23)17-27-25(31)22(12-15-33-2)28-24(30)18-32-21-6-4-3-5-7-21/h3-9,16,19,22H,10-15,17-18H2,1-2H3,(H,27,31)(H,28,30). The van der Waals surface area contributed by atoms with E-state index in [1.165, 1.54) is 12.8 Å². The molecule has 7 nitrogen and oxygen atoms in total. The molecule has 1 atom stereocenters. The highest BCUT2D eigenvalue weighted by atomic mass is 32.2. The van der Waals surface area contributed by atoms with Crippen LogP contribution in [-0.4, -0.2) is 54.5 Å². The number of para-hydroxylation sites is 1. The number of amides is 2. The number of ether oxygens (including phenoxy) is 1. The van der Waals surface area contributed by atoms with Crippen LogP contribution in [0.15, 0.2) is 48.7 Å². The molecule has 1 aliphatic heterocycles. The van der Waals surface area contributed by atoms with Crippen LogP contribution < -0.4 is 20.3 Å². The topological polar surface area (TPSA) is 83.6 Å². The fourth-order valence-electron chi connectivity index (χ4n) is 3.66. The monoisotopic (exact) mass is 470 g/mol. The fraction of sp³-hybridized carbons (Fsp3) is 0.480. The normalized spacial score (nSPS) is 15.0. The van der Waals surface area contributed by atoms with Crippen molar-refractivity contribution in [3.05, 3.63) is 54.2 Å². The summed E-state index contributed by atoms with van der Waals surface area (Å²) in [4.78, 5) is 32.0. The lowest BCUT2D eigenvalue weighted by molar-refractivity contribution is -0.130. The Morgan fingerprint density at radius 1 is 1.18 bits per heavy atom. The number of rotatable bonds is 11. The molecule has 2 heterocycles. The smallest absolute Gasteiger partial charge is 0.258 e. The Morgan fingerprint density at radius 2 is 1.94 bits per heavy atom. The third-order valence-corrected chi connectivity index (χ3v) is 6.40. The van der Waals surface area contributed by atoms with Crippen molar-refractivity contribution < 1.29 is 14.3 Å². The van der Waals surface area contributed by atoms with Gasteiger partial charge in [0.2, 0.25) is 5.91 Å². The quantitative estimate of drug-likeness (QED) is 0.525. The van der Waals surface area contributed by atoms with Gasteiger partial charge in [0.1, 0.15) is 17.6 Å². The van der Waals surface area contributed by atoms with E-state index in [1.807, 2.05) is 42.8 Å². The van der Waals surface area contributed by atoms with E-state index < -0.39 is 6.04 Å². The second-order valence-corrected chi connectivity index (χ2v) is 9.40. The average molecular weight is 471 g/mol. The van der Waals surface area contributed by atoms with Gasteiger partial charge in [-0.2, -0.15) is 11.8 Å². The van der Waals surface area contributed by atoms with Gasteiger partial charge in [-0.1, -0.05) is 31.2 Å². The molecule has 1 aliphatic rings. The van der Waals surface area contributed by atoms with Crippen molar-refractivity contribution in [2.45, 2.75) is 38.8 Å². The number of carbonyl (C=O) groups excluding carboxylic acids is 2. The van der Waals surface area contributed by atoms with Crippen molar-refractivity contribution in [2.24, 2.45) is 5.92 Å². The van der Waals surface area contributed by atoms with Gasteiger partial charge in [0.05, 0.1) is 0 Å². The summed E-state index contributed by atoms with van der Waals surface area (Å²) < 4.78 is 5.49. The summed E-state index contributed by atoms with van der Waals surface area (Å²) in [5, 5.41) is 5.74. The van der Waals surface area contributed by atoms with Crippen molar-refractivity contribution in [1.82, 2.24) is 15.6 Å². The van der Waals surface area contributed by atoms with E-state index in [1.54, 1.807) is 23.9 Å². The fourth-order valence-corrected chi connectivity index (χ4v) is 4.14. The first-order valence-electron chi connectivity index (χ1n) is 11.5. The van der Waals surface area contributed by atoms with Gasteiger partial charge in [-0.05, 0) is 61.0 Å². The minimum absolute atomic E-state index is 0.131. The molecule has 3 rings (SSSR count). The molecule has 1 aromatic heterocycles. The van der Waals surface area contributed by atoms with Crippen LogP contribution in [0.5, 0.6) is 5.75 Å². The predicted octanol–water partition coefficient (Wildman–Crippen LogP) is 3.25. The van der Waals surface area contributed by atoms with Crippen LogP contribution in [0.25, 0.3) is 0 Å². The minimum Gasteiger partial charge on any atom is -0.484 e. The number of pyridine rings is 1. The molecule has 0 saturated carbocycles. The van der Waals surface area contributed by atoms with Gasteiger partial charge in [0, 0.05) is 25.8 Å². The van der Waals surface area contributed by atoms with Gasteiger partial charge >= 0.3 is 0 Å². The SMILES string of the molecule is CSCCC(NC(=O)COc1ccccc1)C(=O)NCc1ccc(N2CCC(C)CC2)nc1. The third-order valence-electron chi connectivity index (χ3n) is 5.76. The Balaban J connectivity index is 1.48. The van der Waals surface area contributed by atoms with E-state index in [9.17, 15) is 9.59 Å². The van der Waals surface area contributed by atoms with E-state index in [2.05, 4.69) is 27.4 Å². The van der Waals surface area contributed by atoms with E-state index in [0.29, 0.717) is 18.7 Å². The number of piperidine rings is 1. The molecule has 1 aromatic carbocycles. The van der Waals surface area contributed by atoms with Crippen LogP contribution in [0, 0.1) is 5.92 Å². The van der Waals surface area contributed by atoms with E-state index in [0.717, 1.165) is 36.1 Å². The maximum absolute atomic E-state index is 12.8. The number of hydrogen-bond donors (Lipinski definition) is 2. The zero-order valence-electron chi connectivity index (χ0n) is 19.5. The van der Waals surface area contributed by atoms with Crippen LogP contribution in [0.1, 0.15) is 31.7 Å². The summed E-state index contributed by atoms with van der Waals surface area (Å²) in [7, 11) is 0. The molecule has 8 heteroatoms. The Morgan fingerprint density at radius 3 is 2.61 bits per heavy atom. The minimum atomic E-state index is -0.605. The molecular weight excluding hydrogens is 436 g/mol. The van der Waals surface area contributed by atoms with Crippen LogP contribution in [0.2, 0.25) is 0 Å². The maximum atomic E-state index is 12.8. The number of nitrogens with zero attached hydrogens (tertiary/aromatic N) is 2. The molecule has 0 bridgehead atoms. The second-order valence-electron chi connectivity index (χ2n) is 8.42. The Labute approximate surface area is 200 Å². The summed E-state index contributed by atoms with van der Waals surface area (Å²) in [5.74, 6) is 2.63. The maximum Gasteiger partial charge on any atom is 0.258 e. The molecule has 33 heavy (non-hydrogen) atoms. The lowest BCUT2D eigenvalue weighted by Crippen LogP contribution is -2.48. The Bertz CT molecular complexity index is 871. The highest BCUT2D eigenvalue weighted by molar-refractivity contribution is 7.98. The van der Waals surface area contributed by atoms with Gasteiger partial charge in [-0.25, -0.2) is 4.98 Å². The summed E-state index contributed by atoms with van der Waals surface area (Å²) in [5.41, 5.74) is 0.930. The number of aromatic nitrogens is 1. The summed E-state index contributed by atoms with van der Waals surface area (Å²) in [6.45, 7) is 4.61. The third kappa shape index (κ3) is 8.28. The average Bonchev–Trinajstić information content (AvgIpc) is 2.85. The highest BCUT2D eigenvalue weighted by Crippen LogP contribution is 2.21. The first-order valence-corrected chi connectivity index (χ1v) is 12.9. The van der Waals surface area contributed by atoms with Crippen LogP contribution in [-0.2, 0) is 16.1 Å². The zero-order valence-corrected chi connectivity index (χ0v) is 20.3. The van der Waals surface area contributed by atoms with Gasteiger partial charge in [-0.3, -0.25) is 9.59 Å². The molecule has 2 amide bonds. The summed E-state index contributed by atoms with van der Waals surface area (Å²) in [6.07, 6.45) is 6.73. The molecule has 0 radical (unpaired) electrons. The van der Waals surface area contributed by atoms with Crippen molar-refractivity contribution in [3.8, 4) is 5.75 Å². The molecule has 2 aromatic rings. The number of anilines is 1. The number of hydrogen-bond acceptors (Lipinski definition) is 6. The molecular formula is C25H34N4O3S. The largest absolute Gasteiger partial charge is 0.484 e. The Kier molecular flexibility index (Phi) is 9.87. The molecule has 0 aliphatic carbocycles. The number of carbonyl (C=O) groups is 2.